The number of aromatic hydroxyl groups is 1. The van der Waals surface area contributed by atoms with Crippen LogP contribution in [0.2, 0.25) is 5.02 Å². The van der Waals surface area contributed by atoms with Crippen molar-refractivity contribution in [1.82, 2.24) is 5.01 Å². The van der Waals surface area contributed by atoms with Gasteiger partial charge in [0.25, 0.3) is 5.91 Å². The van der Waals surface area contributed by atoms with Crippen LogP contribution in [0, 0.1) is 0 Å². The lowest BCUT2D eigenvalue weighted by Gasteiger charge is -2.24. The van der Waals surface area contributed by atoms with Crippen LogP contribution in [0.4, 0.5) is 13.2 Å². The largest absolute Gasteiger partial charge is 0.508 e. The maximum Gasteiger partial charge on any atom is 0.416 e. The maximum atomic E-state index is 12.6. The van der Waals surface area contributed by atoms with Crippen molar-refractivity contribution in [3.05, 3.63) is 64.2 Å². The van der Waals surface area contributed by atoms with E-state index in [9.17, 15) is 23.1 Å². The van der Waals surface area contributed by atoms with E-state index >= 15 is 0 Å². The molecule has 1 amide bonds. The number of halogens is 4. The molecule has 0 spiro atoms. The maximum absolute atomic E-state index is 12.6. The van der Waals surface area contributed by atoms with Crippen molar-refractivity contribution in [1.29, 1.82) is 0 Å². The van der Waals surface area contributed by atoms with Crippen molar-refractivity contribution in [3.63, 3.8) is 0 Å². The predicted octanol–water partition coefficient (Wildman–Crippen LogP) is 3.79. The molecular formula is C17H12ClF3N2O3. The molecule has 0 aliphatic carbocycles. The number of rotatable bonds is 3. The van der Waals surface area contributed by atoms with Gasteiger partial charge in [0.15, 0.2) is 6.61 Å². The van der Waals surface area contributed by atoms with Gasteiger partial charge in [-0.3, -0.25) is 4.79 Å². The number of ether oxygens (including phenoxy) is 1. The smallest absolute Gasteiger partial charge is 0.416 e. The Morgan fingerprint density at radius 3 is 2.54 bits per heavy atom. The molecule has 26 heavy (non-hydrogen) atoms. The molecule has 9 heteroatoms. The molecule has 1 heterocycles. The molecule has 136 valence electrons. The number of hydrazone groups is 1. The Kier molecular flexibility index (Phi) is 4.78. The highest BCUT2D eigenvalue weighted by Gasteiger charge is 2.30. The monoisotopic (exact) mass is 384 g/mol. The van der Waals surface area contributed by atoms with Crippen LogP contribution in [0.15, 0.2) is 47.6 Å². The molecule has 0 fully saturated rings. The van der Waals surface area contributed by atoms with Gasteiger partial charge in [-0.25, -0.2) is 5.01 Å². The van der Waals surface area contributed by atoms with Gasteiger partial charge in [-0.2, -0.15) is 13.2 Å². The van der Waals surface area contributed by atoms with E-state index in [-0.39, 0.29) is 24.8 Å². The topological polar surface area (TPSA) is 62.1 Å². The minimum atomic E-state index is -4.44. The van der Waals surface area contributed by atoms with E-state index in [1.807, 2.05) is 0 Å². The molecule has 0 unspecified atom stereocenters. The summed E-state index contributed by atoms with van der Waals surface area (Å²) < 4.78 is 43.1. The van der Waals surface area contributed by atoms with Gasteiger partial charge in [0, 0.05) is 16.1 Å². The Hall–Kier alpha value is -2.74. The second kappa shape index (κ2) is 6.87. The average Bonchev–Trinajstić information content (AvgIpc) is 2.59. The summed E-state index contributed by atoms with van der Waals surface area (Å²) in [6.07, 6.45) is -4.44. The lowest BCUT2D eigenvalue weighted by molar-refractivity contribution is -0.137. The van der Waals surface area contributed by atoms with Gasteiger partial charge in [0.2, 0.25) is 5.90 Å². The van der Waals surface area contributed by atoms with Gasteiger partial charge in [0.05, 0.1) is 12.1 Å². The highest BCUT2D eigenvalue weighted by atomic mass is 35.5. The summed E-state index contributed by atoms with van der Waals surface area (Å²) in [7, 11) is 0. The molecule has 2 aromatic carbocycles. The molecule has 3 rings (SSSR count). The number of hydrogen-bond donors (Lipinski definition) is 1. The quantitative estimate of drug-likeness (QED) is 0.876. The number of phenolic OH excluding ortho intramolecular Hbond substituents is 1. The third-order valence-corrected chi connectivity index (χ3v) is 3.89. The highest BCUT2D eigenvalue weighted by molar-refractivity contribution is 6.30. The summed E-state index contributed by atoms with van der Waals surface area (Å²) in [6, 6.07) is 8.63. The number of benzene rings is 2. The summed E-state index contributed by atoms with van der Waals surface area (Å²) >= 11 is 5.88. The Labute approximate surface area is 151 Å². The molecule has 0 bridgehead atoms. The van der Waals surface area contributed by atoms with E-state index in [1.54, 1.807) is 0 Å². The fourth-order valence-corrected chi connectivity index (χ4v) is 2.50. The minimum absolute atomic E-state index is 0.0137. The van der Waals surface area contributed by atoms with Crippen LogP contribution in [0.1, 0.15) is 16.7 Å². The lowest BCUT2D eigenvalue weighted by atomic mass is 10.1. The number of hydrogen-bond acceptors (Lipinski definition) is 4. The van der Waals surface area contributed by atoms with Crippen molar-refractivity contribution >= 4 is 23.4 Å². The first-order valence-corrected chi connectivity index (χ1v) is 7.78. The average molecular weight is 385 g/mol. The number of alkyl halides is 3. The van der Waals surface area contributed by atoms with Crippen molar-refractivity contribution in [2.24, 2.45) is 5.10 Å². The molecule has 0 atom stereocenters. The van der Waals surface area contributed by atoms with Gasteiger partial charge in [-0.05, 0) is 42.5 Å². The Morgan fingerprint density at radius 2 is 1.88 bits per heavy atom. The fourth-order valence-electron chi connectivity index (χ4n) is 2.31. The molecule has 1 aliphatic heterocycles. The second-order valence-corrected chi connectivity index (χ2v) is 5.93. The first kappa shape index (κ1) is 18.1. The molecule has 2 aromatic rings. The van der Waals surface area contributed by atoms with Crippen molar-refractivity contribution in [3.8, 4) is 5.75 Å². The molecular weight excluding hydrogens is 373 g/mol. The molecule has 0 radical (unpaired) electrons. The number of carbonyl (C=O) groups excluding carboxylic acids is 1. The zero-order chi connectivity index (χ0) is 18.9. The highest BCUT2D eigenvalue weighted by Crippen LogP contribution is 2.29. The SMILES string of the molecule is O=C1COC(c2ccc(C(F)(F)F)cc2)=NN1Cc1cc(Cl)ccc1O. The first-order chi connectivity index (χ1) is 12.2. The molecule has 0 saturated carbocycles. The Morgan fingerprint density at radius 1 is 1.19 bits per heavy atom. The van der Waals surface area contributed by atoms with Crippen LogP contribution in [-0.4, -0.2) is 28.5 Å². The van der Waals surface area contributed by atoms with Crippen molar-refractivity contribution < 1.29 is 27.8 Å². The standard InChI is InChI=1S/C17H12ClF3N2O3/c18-13-5-6-14(24)11(7-13)8-23-15(25)9-26-16(22-23)10-1-3-12(4-2-10)17(19,20)21/h1-7,24H,8-9H2. The van der Waals surface area contributed by atoms with E-state index in [4.69, 9.17) is 16.3 Å². The van der Waals surface area contributed by atoms with Gasteiger partial charge in [-0.1, -0.05) is 11.6 Å². The molecule has 1 N–H and O–H groups in total. The Balaban J connectivity index is 1.86. The molecule has 5 nitrogen and oxygen atoms in total. The number of amides is 1. The van der Waals surface area contributed by atoms with Crippen LogP contribution in [-0.2, 0) is 22.3 Å². The first-order valence-electron chi connectivity index (χ1n) is 7.41. The summed E-state index contributed by atoms with van der Waals surface area (Å²) in [6.45, 7) is -0.375. The van der Waals surface area contributed by atoms with Gasteiger partial charge >= 0.3 is 6.18 Å². The summed E-state index contributed by atoms with van der Waals surface area (Å²) in [5.41, 5.74) is -0.122. The molecule has 0 saturated heterocycles. The second-order valence-electron chi connectivity index (χ2n) is 5.49. The summed E-state index contributed by atoms with van der Waals surface area (Å²) in [5.74, 6) is -0.500. The minimum Gasteiger partial charge on any atom is -0.508 e. The fraction of sp³-hybridized carbons (Fsp3) is 0.176. The Bertz CT molecular complexity index is 867. The van der Waals surface area contributed by atoms with Gasteiger partial charge in [-0.15, -0.1) is 5.10 Å². The predicted molar refractivity (Wildman–Crippen MR) is 87.6 cm³/mol. The molecule has 1 aliphatic rings. The third kappa shape index (κ3) is 3.91. The normalized spacial score (nSPS) is 14.8. The van der Waals surface area contributed by atoms with E-state index < -0.39 is 17.6 Å². The number of phenols is 1. The third-order valence-electron chi connectivity index (χ3n) is 3.65. The van der Waals surface area contributed by atoms with Gasteiger partial charge in [0.1, 0.15) is 5.75 Å². The van der Waals surface area contributed by atoms with Crippen LogP contribution < -0.4 is 0 Å². The van der Waals surface area contributed by atoms with Crippen molar-refractivity contribution in [2.45, 2.75) is 12.7 Å². The van der Waals surface area contributed by atoms with Gasteiger partial charge < -0.3 is 9.84 Å². The number of carbonyl (C=O) groups is 1. The number of nitrogens with zero attached hydrogens (tertiary/aromatic N) is 2. The van der Waals surface area contributed by atoms with Crippen LogP contribution in [0.25, 0.3) is 0 Å². The zero-order valence-electron chi connectivity index (χ0n) is 13.1. The van der Waals surface area contributed by atoms with Crippen molar-refractivity contribution in [2.75, 3.05) is 6.61 Å². The zero-order valence-corrected chi connectivity index (χ0v) is 13.9. The van der Waals surface area contributed by atoms with E-state index in [0.717, 1.165) is 17.1 Å². The molecule has 0 aromatic heterocycles. The van der Waals surface area contributed by atoms with Crippen LogP contribution in [0.5, 0.6) is 5.75 Å². The lowest BCUT2D eigenvalue weighted by Crippen LogP contribution is -2.36. The summed E-state index contributed by atoms with van der Waals surface area (Å²) in [4.78, 5) is 12.0. The van der Waals surface area contributed by atoms with E-state index in [1.165, 1.54) is 30.3 Å². The van der Waals surface area contributed by atoms with Crippen LogP contribution >= 0.6 is 11.6 Å². The van der Waals surface area contributed by atoms with E-state index in [2.05, 4.69) is 5.10 Å². The summed E-state index contributed by atoms with van der Waals surface area (Å²) in [5, 5.41) is 15.3. The van der Waals surface area contributed by atoms with E-state index in [0.29, 0.717) is 16.1 Å². The van der Waals surface area contributed by atoms with Crippen LogP contribution in [0.3, 0.4) is 0 Å².